The minimum atomic E-state index is -3.57. The van der Waals surface area contributed by atoms with Crippen LogP contribution in [0.25, 0.3) is 0 Å². The summed E-state index contributed by atoms with van der Waals surface area (Å²) in [5, 5.41) is 11.6. The molecule has 162 valence electrons. The standard InChI is InChI=1S/C23H22Cl2N2O3S/c1-31(29,30)22(18-10-12-26-13-11-18)23(28)14-27(15-23)21(16-2-6-19(24)7-3-16)17-4-8-20(25)9-5-17/h2-13,21-22,28H,14-15H2,1H3. The molecular formula is C23H22Cl2N2O3S. The van der Waals surface area contributed by atoms with Crippen molar-refractivity contribution in [3.05, 3.63) is 99.8 Å². The first-order valence-corrected chi connectivity index (χ1v) is 12.4. The number of aliphatic hydroxyl groups is 1. The fourth-order valence-corrected chi connectivity index (χ4v) is 6.25. The number of β-amino-alcohol motifs (C(OH)–C–C–N with tert-alkyl or cyclic N) is 1. The van der Waals surface area contributed by atoms with E-state index in [1.165, 1.54) is 12.4 Å². The summed E-state index contributed by atoms with van der Waals surface area (Å²) in [7, 11) is -3.57. The zero-order valence-corrected chi connectivity index (χ0v) is 19.1. The van der Waals surface area contributed by atoms with Gasteiger partial charge in [0, 0.05) is 41.8 Å². The van der Waals surface area contributed by atoms with E-state index in [-0.39, 0.29) is 19.1 Å². The highest BCUT2D eigenvalue weighted by atomic mass is 35.5. The maximum atomic E-state index is 12.6. The number of rotatable bonds is 6. The summed E-state index contributed by atoms with van der Waals surface area (Å²) in [5.41, 5.74) is 1.11. The quantitative estimate of drug-likeness (QED) is 0.573. The second-order valence-electron chi connectivity index (χ2n) is 8.00. The van der Waals surface area contributed by atoms with Crippen molar-refractivity contribution in [1.82, 2.24) is 9.88 Å². The van der Waals surface area contributed by atoms with Crippen LogP contribution in [0.15, 0.2) is 73.1 Å². The molecule has 2 heterocycles. The Morgan fingerprint density at radius 3 is 1.74 bits per heavy atom. The number of sulfone groups is 1. The third kappa shape index (κ3) is 4.64. The average molecular weight is 477 g/mol. The molecule has 1 aliphatic heterocycles. The topological polar surface area (TPSA) is 70.5 Å². The molecule has 1 aliphatic rings. The van der Waals surface area contributed by atoms with Crippen molar-refractivity contribution in [3.63, 3.8) is 0 Å². The molecule has 0 radical (unpaired) electrons. The summed E-state index contributed by atoms with van der Waals surface area (Å²) in [6.45, 7) is 0.395. The Labute approximate surface area is 192 Å². The summed E-state index contributed by atoms with van der Waals surface area (Å²) in [6, 6.07) is 18.2. The van der Waals surface area contributed by atoms with Gasteiger partial charge in [-0.25, -0.2) is 8.42 Å². The number of benzene rings is 2. The average Bonchev–Trinajstić information content (AvgIpc) is 2.69. The summed E-state index contributed by atoms with van der Waals surface area (Å²) >= 11 is 12.1. The zero-order valence-electron chi connectivity index (χ0n) is 16.8. The molecular weight excluding hydrogens is 455 g/mol. The van der Waals surface area contributed by atoms with Crippen LogP contribution in [0.3, 0.4) is 0 Å². The Kier molecular flexibility index (Phi) is 6.12. The van der Waals surface area contributed by atoms with Crippen LogP contribution >= 0.6 is 23.2 Å². The van der Waals surface area contributed by atoms with Gasteiger partial charge in [-0.2, -0.15) is 0 Å². The molecule has 0 bridgehead atoms. The van der Waals surface area contributed by atoms with E-state index in [4.69, 9.17) is 23.2 Å². The largest absolute Gasteiger partial charge is 0.385 e. The van der Waals surface area contributed by atoms with Crippen LogP contribution < -0.4 is 0 Å². The van der Waals surface area contributed by atoms with Crippen molar-refractivity contribution >= 4 is 33.0 Å². The van der Waals surface area contributed by atoms with Gasteiger partial charge in [0.15, 0.2) is 9.84 Å². The fraction of sp³-hybridized carbons (Fsp3) is 0.261. The van der Waals surface area contributed by atoms with Crippen molar-refractivity contribution in [3.8, 4) is 0 Å². The molecule has 2 aromatic carbocycles. The van der Waals surface area contributed by atoms with Gasteiger partial charge in [-0.15, -0.1) is 0 Å². The molecule has 5 nitrogen and oxygen atoms in total. The highest BCUT2D eigenvalue weighted by Crippen LogP contribution is 2.44. The molecule has 8 heteroatoms. The molecule has 0 aliphatic carbocycles. The summed E-state index contributed by atoms with van der Waals surface area (Å²) in [6.07, 6.45) is 4.24. The summed E-state index contributed by atoms with van der Waals surface area (Å²) < 4.78 is 25.3. The Hall–Kier alpha value is -1.96. The van der Waals surface area contributed by atoms with E-state index in [0.29, 0.717) is 15.6 Å². The Morgan fingerprint density at radius 2 is 1.32 bits per heavy atom. The lowest BCUT2D eigenvalue weighted by atomic mass is 9.83. The molecule has 1 atom stereocenters. The predicted molar refractivity (Wildman–Crippen MR) is 123 cm³/mol. The lowest BCUT2D eigenvalue weighted by molar-refractivity contribution is -0.112. The summed E-state index contributed by atoms with van der Waals surface area (Å²) in [5.74, 6) is 0. The molecule has 1 aromatic heterocycles. The number of pyridine rings is 1. The number of hydrogen-bond donors (Lipinski definition) is 1. The van der Waals surface area contributed by atoms with E-state index in [1.807, 2.05) is 48.5 Å². The van der Waals surface area contributed by atoms with Gasteiger partial charge < -0.3 is 5.11 Å². The SMILES string of the molecule is CS(=O)(=O)C(c1ccncc1)C1(O)CN(C(c2ccc(Cl)cc2)c2ccc(Cl)cc2)C1. The molecule has 1 fully saturated rings. The lowest BCUT2D eigenvalue weighted by Crippen LogP contribution is -2.66. The van der Waals surface area contributed by atoms with Crippen LogP contribution in [0, 0.1) is 0 Å². The Bertz CT molecular complexity index is 1100. The van der Waals surface area contributed by atoms with Crippen LogP contribution in [-0.4, -0.2) is 48.4 Å². The molecule has 1 unspecified atom stereocenters. The maximum absolute atomic E-state index is 12.6. The van der Waals surface area contributed by atoms with Gasteiger partial charge in [-0.3, -0.25) is 9.88 Å². The van der Waals surface area contributed by atoms with Crippen LogP contribution in [0.4, 0.5) is 0 Å². The summed E-state index contributed by atoms with van der Waals surface area (Å²) in [4.78, 5) is 6.03. The number of halogens is 2. The minimum Gasteiger partial charge on any atom is -0.385 e. The van der Waals surface area contributed by atoms with E-state index in [2.05, 4.69) is 9.88 Å². The van der Waals surface area contributed by atoms with Crippen molar-refractivity contribution in [2.24, 2.45) is 0 Å². The number of hydrogen-bond acceptors (Lipinski definition) is 5. The van der Waals surface area contributed by atoms with Gasteiger partial charge >= 0.3 is 0 Å². The first kappa shape index (κ1) is 22.2. The fourth-order valence-electron chi connectivity index (χ4n) is 4.40. The van der Waals surface area contributed by atoms with Crippen LogP contribution in [-0.2, 0) is 9.84 Å². The van der Waals surface area contributed by atoms with E-state index in [1.54, 1.807) is 12.1 Å². The second kappa shape index (κ2) is 8.52. The zero-order chi connectivity index (χ0) is 22.2. The van der Waals surface area contributed by atoms with Gasteiger partial charge in [0.1, 0.15) is 10.9 Å². The smallest absolute Gasteiger partial charge is 0.157 e. The van der Waals surface area contributed by atoms with Crippen molar-refractivity contribution in [2.45, 2.75) is 16.9 Å². The third-order valence-electron chi connectivity index (χ3n) is 5.62. The number of nitrogens with zero attached hydrogens (tertiary/aromatic N) is 2. The van der Waals surface area contributed by atoms with E-state index < -0.39 is 20.7 Å². The minimum absolute atomic E-state index is 0.174. The third-order valence-corrected chi connectivity index (χ3v) is 7.69. The van der Waals surface area contributed by atoms with Gasteiger partial charge in [0.2, 0.25) is 0 Å². The molecule has 4 rings (SSSR count). The number of aromatic nitrogens is 1. The van der Waals surface area contributed by atoms with Crippen molar-refractivity contribution in [2.75, 3.05) is 19.3 Å². The maximum Gasteiger partial charge on any atom is 0.157 e. The van der Waals surface area contributed by atoms with Crippen LogP contribution in [0.2, 0.25) is 10.0 Å². The van der Waals surface area contributed by atoms with E-state index in [9.17, 15) is 13.5 Å². The van der Waals surface area contributed by atoms with Gasteiger partial charge in [0.25, 0.3) is 0 Å². The molecule has 31 heavy (non-hydrogen) atoms. The predicted octanol–water partition coefficient (Wildman–Crippen LogP) is 4.31. The lowest BCUT2D eigenvalue weighted by Gasteiger charge is -2.53. The molecule has 3 aromatic rings. The molecule has 0 saturated carbocycles. The van der Waals surface area contributed by atoms with Crippen LogP contribution in [0.5, 0.6) is 0 Å². The first-order chi connectivity index (χ1) is 14.7. The van der Waals surface area contributed by atoms with Gasteiger partial charge in [-0.05, 0) is 53.1 Å². The second-order valence-corrected chi connectivity index (χ2v) is 11.0. The monoisotopic (exact) mass is 476 g/mol. The van der Waals surface area contributed by atoms with Crippen molar-refractivity contribution < 1.29 is 13.5 Å². The Morgan fingerprint density at radius 1 is 0.871 bits per heavy atom. The van der Waals surface area contributed by atoms with E-state index >= 15 is 0 Å². The Balaban J connectivity index is 1.68. The van der Waals surface area contributed by atoms with E-state index in [0.717, 1.165) is 17.4 Å². The van der Waals surface area contributed by atoms with Gasteiger partial charge in [0.05, 0.1) is 6.04 Å². The van der Waals surface area contributed by atoms with Crippen molar-refractivity contribution in [1.29, 1.82) is 0 Å². The number of likely N-dealkylation sites (tertiary alicyclic amines) is 1. The van der Waals surface area contributed by atoms with Crippen LogP contribution in [0.1, 0.15) is 28.0 Å². The molecule has 0 amide bonds. The molecule has 1 N–H and O–H groups in total. The normalized spacial score (nSPS) is 17.3. The highest BCUT2D eigenvalue weighted by Gasteiger charge is 2.54. The molecule has 1 saturated heterocycles. The molecule has 0 spiro atoms. The highest BCUT2D eigenvalue weighted by molar-refractivity contribution is 7.91. The first-order valence-electron chi connectivity index (χ1n) is 9.73. The van der Waals surface area contributed by atoms with Gasteiger partial charge in [-0.1, -0.05) is 47.5 Å².